The topological polar surface area (TPSA) is 80.0 Å². The van der Waals surface area contributed by atoms with Crippen molar-refractivity contribution in [2.75, 3.05) is 24.7 Å². The van der Waals surface area contributed by atoms with Crippen molar-refractivity contribution < 1.29 is 22.7 Å². The number of hydrogen-bond donors (Lipinski definition) is 1. The number of rotatable bonds is 8. The second-order valence-electron chi connectivity index (χ2n) is 6.89. The summed E-state index contributed by atoms with van der Waals surface area (Å²) in [6.45, 7) is 2.65. The number of nitrogens with zero attached hydrogens (tertiary/aromatic N) is 1. The van der Waals surface area contributed by atoms with Gasteiger partial charge >= 0.3 is 0 Å². The van der Waals surface area contributed by atoms with E-state index in [-0.39, 0.29) is 30.7 Å². The van der Waals surface area contributed by atoms with Crippen molar-refractivity contribution in [1.29, 1.82) is 0 Å². The summed E-state index contributed by atoms with van der Waals surface area (Å²) >= 11 is 6.06. The summed E-state index contributed by atoms with van der Waals surface area (Å²) in [5, 5.41) is 10.9. The summed E-state index contributed by atoms with van der Waals surface area (Å²) in [5.74, 6) is 2.33. The zero-order valence-electron chi connectivity index (χ0n) is 15.2. The van der Waals surface area contributed by atoms with Crippen molar-refractivity contribution in [3.8, 4) is 5.75 Å². The Labute approximate surface area is 164 Å². The molecule has 27 heavy (non-hydrogen) atoms. The van der Waals surface area contributed by atoms with Crippen LogP contribution < -0.4 is 4.74 Å². The highest BCUT2D eigenvalue weighted by atomic mass is 35.5. The number of aliphatic hydroxyl groups is 1. The molecule has 0 amide bonds. The van der Waals surface area contributed by atoms with Crippen LogP contribution in [0.3, 0.4) is 0 Å². The molecular formula is C19H24ClNO5S. The number of benzene rings is 1. The van der Waals surface area contributed by atoms with Gasteiger partial charge in [0.2, 0.25) is 0 Å². The average Bonchev–Trinajstić information content (AvgIpc) is 3.18. The first-order chi connectivity index (χ1) is 12.8. The van der Waals surface area contributed by atoms with Gasteiger partial charge in [-0.3, -0.25) is 4.90 Å². The summed E-state index contributed by atoms with van der Waals surface area (Å²) in [4.78, 5) is 1.96. The molecule has 1 aromatic carbocycles. The molecule has 1 fully saturated rings. The smallest absolute Gasteiger partial charge is 0.151 e. The number of furan rings is 1. The molecule has 1 N–H and O–H groups in total. The van der Waals surface area contributed by atoms with Gasteiger partial charge in [-0.25, -0.2) is 8.42 Å². The van der Waals surface area contributed by atoms with Gasteiger partial charge in [0.05, 0.1) is 23.1 Å². The molecule has 0 radical (unpaired) electrons. The lowest BCUT2D eigenvalue weighted by atomic mass is 10.2. The summed E-state index contributed by atoms with van der Waals surface area (Å²) in [5.41, 5.74) is 0. The Balaban J connectivity index is 1.64. The summed E-state index contributed by atoms with van der Waals surface area (Å²) < 4.78 is 35.0. The van der Waals surface area contributed by atoms with E-state index in [1.807, 2.05) is 30.0 Å². The normalized spacial score (nSPS) is 20.1. The third kappa shape index (κ3) is 5.72. The Kier molecular flexibility index (Phi) is 6.47. The van der Waals surface area contributed by atoms with Gasteiger partial charge in [0, 0.05) is 12.6 Å². The van der Waals surface area contributed by atoms with Gasteiger partial charge in [0.25, 0.3) is 0 Å². The minimum atomic E-state index is -3.03. The van der Waals surface area contributed by atoms with E-state index in [1.54, 1.807) is 18.2 Å². The average molecular weight is 414 g/mol. The lowest BCUT2D eigenvalue weighted by molar-refractivity contribution is 0.0496. The molecule has 3 rings (SSSR count). The van der Waals surface area contributed by atoms with Crippen molar-refractivity contribution in [2.45, 2.75) is 32.0 Å². The molecule has 2 unspecified atom stereocenters. The van der Waals surface area contributed by atoms with Crippen LogP contribution in [-0.4, -0.2) is 55.2 Å². The van der Waals surface area contributed by atoms with E-state index in [9.17, 15) is 13.5 Å². The van der Waals surface area contributed by atoms with Crippen LogP contribution in [-0.2, 0) is 16.4 Å². The Morgan fingerprint density at radius 3 is 2.74 bits per heavy atom. The maximum absolute atomic E-state index is 11.9. The number of aliphatic hydroxyl groups excluding tert-OH is 1. The Morgan fingerprint density at radius 2 is 2.11 bits per heavy atom. The fourth-order valence-corrected chi connectivity index (χ4v) is 5.20. The maximum atomic E-state index is 11.9. The predicted octanol–water partition coefficient (Wildman–Crippen LogP) is 2.67. The summed E-state index contributed by atoms with van der Waals surface area (Å²) in [7, 11) is -3.03. The Hall–Kier alpha value is -1.54. The first kappa shape index (κ1) is 20.2. The SMILES string of the molecule is Cc1ccc(CN(CC(O)COc2ccccc2Cl)C2CCS(=O)(=O)C2)o1. The predicted molar refractivity (Wildman–Crippen MR) is 104 cm³/mol. The van der Waals surface area contributed by atoms with Crippen LogP contribution >= 0.6 is 11.6 Å². The molecule has 0 spiro atoms. The second-order valence-corrected chi connectivity index (χ2v) is 9.53. The molecule has 0 bridgehead atoms. The zero-order valence-corrected chi connectivity index (χ0v) is 16.7. The van der Waals surface area contributed by atoms with Crippen molar-refractivity contribution in [1.82, 2.24) is 4.90 Å². The molecule has 8 heteroatoms. The van der Waals surface area contributed by atoms with Gasteiger partial charge in [-0.15, -0.1) is 0 Å². The van der Waals surface area contributed by atoms with Gasteiger partial charge in [0.15, 0.2) is 9.84 Å². The number of aryl methyl sites for hydroxylation is 1. The highest BCUT2D eigenvalue weighted by Crippen LogP contribution is 2.24. The largest absolute Gasteiger partial charge is 0.489 e. The van der Waals surface area contributed by atoms with Crippen LogP contribution in [0, 0.1) is 6.92 Å². The molecule has 148 valence electrons. The molecule has 0 aliphatic carbocycles. The standard InChI is InChI=1S/C19H24ClNO5S/c1-14-6-7-17(26-14)11-21(15-8-9-27(23,24)13-15)10-16(22)12-25-19-5-3-2-4-18(19)20/h2-7,15-16,22H,8-13H2,1H3. The van der Waals surface area contributed by atoms with Crippen molar-refractivity contribution >= 4 is 21.4 Å². The zero-order chi connectivity index (χ0) is 19.4. The fraction of sp³-hybridized carbons (Fsp3) is 0.474. The van der Waals surface area contributed by atoms with E-state index >= 15 is 0 Å². The number of hydrogen-bond acceptors (Lipinski definition) is 6. The Bertz CT molecular complexity index is 866. The summed E-state index contributed by atoms with van der Waals surface area (Å²) in [6, 6.07) is 10.7. The molecule has 2 heterocycles. The first-order valence-electron chi connectivity index (χ1n) is 8.87. The minimum absolute atomic E-state index is 0.0664. The highest BCUT2D eigenvalue weighted by molar-refractivity contribution is 7.91. The van der Waals surface area contributed by atoms with Crippen LogP contribution in [0.5, 0.6) is 5.75 Å². The van der Waals surface area contributed by atoms with E-state index in [2.05, 4.69) is 0 Å². The summed E-state index contributed by atoms with van der Waals surface area (Å²) in [6.07, 6.45) is -0.235. The van der Waals surface area contributed by atoms with E-state index in [0.29, 0.717) is 23.7 Å². The quantitative estimate of drug-likeness (QED) is 0.716. The molecule has 1 aliphatic rings. The molecule has 2 aromatic rings. The van der Waals surface area contributed by atoms with Gasteiger partial charge < -0.3 is 14.3 Å². The van der Waals surface area contributed by atoms with Crippen LogP contribution in [0.25, 0.3) is 0 Å². The number of para-hydroxylation sites is 1. The van der Waals surface area contributed by atoms with Crippen molar-refractivity contribution in [2.24, 2.45) is 0 Å². The number of sulfone groups is 1. The molecule has 1 aliphatic heterocycles. The lowest BCUT2D eigenvalue weighted by Gasteiger charge is -2.29. The van der Waals surface area contributed by atoms with E-state index in [4.69, 9.17) is 20.8 Å². The molecule has 2 atom stereocenters. The van der Waals surface area contributed by atoms with Crippen LogP contribution in [0.4, 0.5) is 0 Å². The second kappa shape index (κ2) is 8.65. The molecule has 6 nitrogen and oxygen atoms in total. The van der Waals surface area contributed by atoms with Gasteiger partial charge in [-0.05, 0) is 37.6 Å². The number of halogens is 1. The molecule has 1 saturated heterocycles. The van der Waals surface area contributed by atoms with Crippen molar-refractivity contribution in [3.05, 3.63) is 52.9 Å². The lowest BCUT2D eigenvalue weighted by Crippen LogP contribution is -2.42. The van der Waals surface area contributed by atoms with E-state index in [0.717, 1.165) is 11.5 Å². The molecular weight excluding hydrogens is 390 g/mol. The third-order valence-electron chi connectivity index (χ3n) is 4.59. The third-order valence-corrected chi connectivity index (χ3v) is 6.66. The van der Waals surface area contributed by atoms with Gasteiger partial charge in [-0.1, -0.05) is 23.7 Å². The van der Waals surface area contributed by atoms with Gasteiger partial charge in [-0.2, -0.15) is 0 Å². The number of ether oxygens (including phenoxy) is 1. The fourth-order valence-electron chi connectivity index (χ4n) is 3.25. The van der Waals surface area contributed by atoms with Crippen LogP contribution in [0.15, 0.2) is 40.8 Å². The van der Waals surface area contributed by atoms with Crippen molar-refractivity contribution in [3.63, 3.8) is 0 Å². The van der Waals surface area contributed by atoms with Gasteiger partial charge in [0.1, 0.15) is 30.0 Å². The van der Waals surface area contributed by atoms with E-state index in [1.165, 1.54) is 0 Å². The minimum Gasteiger partial charge on any atom is -0.489 e. The van der Waals surface area contributed by atoms with Crippen LogP contribution in [0.2, 0.25) is 5.02 Å². The van der Waals surface area contributed by atoms with E-state index < -0.39 is 15.9 Å². The monoisotopic (exact) mass is 413 g/mol. The first-order valence-corrected chi connectivity index (χ1v) is 11.1. The Morgan fingerprint density at radius 1 is 1.33 bits per heavy atom. The van der Waals surface area contributed by atoms with Crippen LogP contribution in [0.1, 0.15) is 17.9 Å². The molecule has 1 aromatic heterocycles. The maximum Gasteiger partial charge on any atom is 0.151 e. The molecule has 0 saturated carbocycles. The highest BCUT2D eigenvalue weighted by Gasteiger charge is 2.33.